The number of aromatic nitrogens is 3. The third-order valence-electron chi connectivity index (χ3n) is 5.74. The largest absolute Gasteiger partial charge is 0.485 e. The number of thioether (sulfide) groups is 1. The molecule has 0 N–H and O–H groups in total. The average Bonchev–Trinajstić information content (AvgIpc) is 3.26. The number of hydrogen-bond acceptors (Lipinski definition) is 7. The summed E-state index contributed by atoms with van der Waals surface area (Å²) in [6.07, 6.45) is 0.0844. The fourth-order valence-corrected chi connectivity index (χ4v) is 5.02. The highest BCUT2D eigenvalue weighted by Gasteiger charge is 2.26. The first-order chi connectivity index (χ1) is 17.0. The van der Waals surface area contributed by atoms with E-state index in [1.54, 1.807) is 7.11 Å². The van der Waals surface area contributed by atoms with Crippen LogP contribution in [-0.4, -0.2) is 70.3 Å². The molecule has 0 spiro atoms. The number of carbonyl (C=O) groups excluding carboxylic acids is 1. The summed E-state index contributed by atoms with van der Waals surface area (Å²) in [5.74, 6) is 1.84. The van der Waals surface area contributed by atoms with E-state index in [1.165, 1.54) is 11.8 Å². The van der Waals surface area contributed by atoms with Crippen molar-refractivity contribution >= 4 is 17.7 Å². The Balaban J connectivity index is 1.44. The fourth-order valence-electron chi connectivity index (χ4n) is 4.13. The van der Waals surface area contributed by atoms with Gasteiger partial charge in [0.2, 0.25) is 5.91 Å². The molecular weight excluding hydrogens is 464 g/mol. The number of rotatable bonds is 10. The molecule has 1 aliphatic heterocycles. The lowest BCUT2D eigenvalue weighted by Crippen LogP contribution is -2.48. The van der Waals surface area contributed by atoms with Gasteiger partial charge in [0.15, 0.2) is 11.0 Å². The van der Waals surface area contributed by atoms with Gasteiger partial charge in [-0.25, -0.2) is 0 Å². The Labute approximate surface area is 210 Å². The van der Waals surface area contributed by atoms with Gasteiger partial charge in [0.25, 0.3) is 0 Å². The first kappa shape index (κ1) is 25.2. The molecule has 2 atom stereocenters. The molecule has 0 bridgehead atoms. The Morgan fingerprint density at radius 1 is 1.06 bits per heavy atom. The van der Waals surface area contributed by atoms with Crippen molar-refractivity contribution in [1.82, 2.24) is 19.7 Å². The summed E-state index contributed by atoms with van der Waals surface area (Å²) in [6.45, 7) is 6.54. The van der Waals surface area contributed by atoms with Crippen LogP contribution in [0.15, 0.2) is 59.8 Å². The topological polar surface area (TPSA) is 78.7 Å². The van der Waals surface area contributed by atoms with Gasteiger partial charge in [-0.1, -0.05) is 60.3 Å². The van der Waals surface area contributed by atoms with Crippen LogP contribution in [0.5, 0.6) is 5.75 Å². The number of nitrogens with zero attached hydrogens (tertiary/aromatic N) is 4. The molecule has 2 heterocycles. The van der Waals surface area contributed by atoms with Gasteiger partial charge in [0.05, 0.1) is 24.6 Å². The van der Waals surface area contributed by atoms with Crippen molar-refractivity contribution in [3.63, 3.8) is 0 Å². The van der Waals surface area contributed by atoms with Crippen molar-refractivity contribution < 1.29 is 19.0 Å². The third kappa shape index (κ3) is 6.62. The number of hydrogen-bond donors (Lipinski definition) is 0. The van der Waals surface area contributed by atoms with Gasteiger partial charge in [0, 0.05) is 32.3 Å². The highest BCUT2D eigenvalue weighted by molar-refractivity contribution is 7.99. The second kappa shape index (κ2) is 12.2. The second-order valence-electron chi connectivity index (χ2n) is 8.54. The lowest BCUT2D eigenvalue weighted by atomic mass is 10.1. The minimum Gasteiger partial charge on any atom is -0.485 e. The molecule has 186 valence electrons. The number of benzene rings is 2. The Bertz CT molecular complexity index is 1100. The molecule has 1 amide bonds. The zero-order valence-corrected chi connectivity index (χ0v) is 21.2. The van der Waals surface area contributed by atoms with Gasteiger partial charge in [-0.15, -0.1) is 10.2 Å². The molecule has 2 aromatic carbocycles. The van der Waals surface area contributed by atoms with Crippen LogP contribution in [0.2, 0.25) is 0 Å². The van der Waals surface area contributed by atoms with E-state index < -0.39 is 0 Å². The second-order valence-corrected chi connectivity index (χ2v) is 9.48. The normalized spacial score (nSPS) is 18.0. The molecule has 8 nitrogen and oxygen atoms in total. The smallest absolute Gasteiger partial charge is 0.233 e. The summed E-state index contributed by atoms with van der Waals surface area (Å²) >= 11 is 1.39. The van der Waals surface area contributed by atoms with Crippen molar-refractivity contribution in [3.05, 3.63) is 60.4 Å². The molecule has 9 heteroatoms. The van der Waals surface area contributed by atoms with Gasteiger partial charge in [-0.3, -0.25) is 4.79 Å². The van der Waals surface area contributed by atoms with E-state index in [1.807, 2.05) is 65.8 Å². The van der Waals surface area contributed by atoms with Crippen LogP contribution in [0.4, 0.5) is 0 Å². The van der Waals surface area contributed by atoms with Crippen LogP contribution in [0.1, 0.15) is 19.7 Å². The Kier molecular flexibility index (Phi) is 8.79. The van der Waals surface area contributed by atoms with Gasteiger partial charge in [0.1, 0.15) is 12.4 Å². The van der Waals surface area contributed by atoms with E-state index in [-0.39, 0.29) is 24.7 Å². The molecule has 35 heavy (non-hydrogen) atoms. The molecule has 1 aromatic heterocycles. The monoisotopic (exact) mass is 496 g/mol. The maximum atomic E-state index is 12.8. The number of ether oxygens (including phenoxy) is 3. The lowest BCUT2D eigenvalue weighted by molar-refractivity contribution is -0.140. The van der Waals surface area contributed by atoms with Crippen LogP contribution in [-0.2, 0) is 27.4 Å². The van der Waals surface area contributed by atoms with Gasteiger partial charge < -0.3 is 23.7 Å². The standard InChI is InChI=1S/C26H32N4O4S/c1-19-15-29(16-20(2)34-19)25(31)18-35-26-28-27-24(30(26)13-14-32-3)17-33-23-12-8-7-11-22(23)21-9-5-4-6-10-21/h4-12,19-20H,13-18H2,1-3H3. The zero-order valence-electron chi connectivity index (χ0n) is 20.4. The zero-order chi connectivity index (χ0) is 24.6. The van der Waals surface area contributed by atoms with E-state index in [0.717, 1.165) is 16.9 Å². The van der Waals surface area contributed by atoms with Crippen molar-refractivity contribution in [3.8, 4) is 16.9 Å². The predicted molar refractivity (Wildman–Crippen MR) is 135 cm³/mol. The molecule has 3 aromatic rings. The highest BCUT2D eigenvalue weighted by Crippen LogP contribution is 2.30. The molecule has 4 rings (SSSR count). The summed E-state index contributed by atoms with van der Waals surface area (Å²) in [6, 6.07) is 18.1. The van der Waals surface area contributed by atoms with Crippen molar-refractivity contribution in [1.29, 1.82) is 0 Å². The molecule has 0 radical (unpaired) electrons. The Hall–Kier alpha value is -2.88. The first-order valence-electron chi connectivity index (χ1n) is 11.8. The maximum absolute atomic E-state index is 12.8. The van der Waals surface area contributed by atoms with Crippen LogP contribution < -0.4 is 4.74 Å². The molecule has 1 fully saturated rings. The highest BCUT2D eigenvalue weighted by atomic mass is 32.2. The number of morpholine rings is 1. The molecule has 0 aliphatic carbocycles. The number of para-hydroxylation sites is 1. The third-order valence-corrected chi connectivity index (χ3v) is 6.69. The summed E-state index contributed by atoms with van der Waals surface area (Å²) in [5, 5.41) is 9.40. The van der Waals surface area contributed by atoms with E-state index in [2.05, 4.69) is 22.3 Å². The molecule has 0 saturated carbocycles. The van der Waals surface area contributed by atoms with Crippen LogP contribution in [0, 0.1) is 0 Å². The maximum Gasteiger partial charge on any atom is 0.233 e. The van der Waals surface area contributed by atoms with Crippen molar-refractivity contribution in [2.45, 2.75) is 44.4 Å². The van der Waals surface area contributed by atoms with Crippen molar-refractivity contribution in [2.24, 2.45) is 0 Å². The van der Waals surface area contributed by atoms with E-state index in [4.69, 9.17) is 14.2 Å². The number of carbonyl (C=O) groups is 1. The average molecular weight is 497 g/mol. The van der Waals surface area contributed by atoms with E-state index in [0.29, 0.717) is 43.0 Å². The summed E-state index contributed by atoms with van der Waals surface area (Å²) in [4.78, 5) is 14.7. The lowest BCUT2D eigenvalue weighted by Gasteiger charge is -2.35. The first-order valence-corrected chi connectivity index (χ1v) is 12.8. The predicted octanol–water partition coefficient (Wildman–Crippen LogP) is 3.90. The number of amides is 1. The summed E-state index contributed by atoms with van der Waals surface area (Å²) in [7, 11) is 1.66. The van der Waals surface area contributed by atoms with Crippen molar-refractivity contribution in [2.75, 3.05) is 32.6 Å². The summed E-state index contributed by atoms with van der Waals surface area (Å²) < 4.78 is 19.2. The van der Waals surface area contributed by atoms with Crippen LogP contribution in [0.3, 0.4) is 0 Å². The molecule has 1 aliphatic rings. The quantitative estimate of drug-likeness (QED) is 0.394. The number of methoxy groups -OCH3 is 1. The van der Waals surface area contributed by atoms with Gasteiger partial charge in [-0.2, -0.15) is 0 Å². The Morgan fingerprint density at radius 2 is 1.77 bits per heavy atom. The van der Waals surface area contributed by atoms with E-state index in [9.17, 15) is 4.79 Å². The minimum atomic E-state index is 0.0422. The Morgan fingerprint density at radius 3 is 2.51 bits per heavy atom. The molecule has 2 unspecified atom stereocenters. The van der Waals surface area contributed by atoms with Crippen LogP contribution >= 0.6 is 11.8 Å². The van der Waals surface area contributed by atoms with Crippen LogP contribution in [0.25, 0.3) is 11.1 Å². The SMILES string of the molecule is COCCn1c(COc2ccccc2-c2ccccc2)nnc1SCC(=O)N1CC(C)OC(C)C1. The van der Waals surface area contributed by atoms with Gasteiger partial charge >= 0.3 is 0 Å². The molecule has 1 saturated heterocycles. The van der Waals surface area contributed by atoms with Gasteiger partial charge in [-0.05, 0) is 25.5 Å². The summed E-state index contributed by atoms with van der Waals surface area (Å²) in [5.41, 5.74) is 2.11. The fraction of sp³-hybridized carbons (Fsp3) is 0.423. The van der Waals surface area contributed by atoms with E-state index >= 15 is 0 Å². The molecular formula is C26H32N4O4S. The minimum absolute atomic E-state index is 0.0422.